The summed E-state index contributed by atoms with van der Waals surface area (Å²) in [5.74, 6) is 1.17. The summed E-state index contributed by atoms with van der Waals surface area (Å²) in [6.45, 7) is 3.59. The second kappa shape index (κ2) is 8.86. The Morgan fingerprint density at radius 3 is 2.78 bits per heavy atom. The van der Waals surface area contributed by atoms with Gasteiger partial charge in [-0.25, -0.2) is 0 Å². The zero-order valence-corrected chi connectivity index (χ0v) is 12.0. The summed E-state index contributed by atoms with van der Waals surface area (Å²) < 4.78 is 0. The Balaban J connectivity index is 2.45. The number of nitrogens with one attached hydrogen (secondary N) is 2. The topological polar surface area (TPSA) is 41.1 Å². The molecule has 0 aliphatic carbocycles. The van der Waals surface area contributed by atoms with Crippen LogP contribution in [0.15, 0.2) is 24.3 Å². The standard InChI is InChI=1S/C14H22N2OS/c1-3-15-13-9-5-4-8-12(13)14(17)16-10-6-7-11-18-2/h4-5,8-9,15H,3,6-7,10-11H2,1-2H3,(H,16,17). The van der Waals surface area contributed by atoms with Gasteiger partial charge in [0.15, 0.2) is 0 Å². The van der Waals surface area contributed by atoms with Gasteiger partial charge in [0.2, 0.25) is 0 Å². The molecule has 0 fully saturated rings. The minimum absolute atomic E-state index is 0.00991. The minimum Gasteiger partial charge on any atom is -0.385 e. The van der Waals surface area contributed by atoms with Crippen LogP contribution < -0.4 is 10.6 Å². The van der Waals surface area contributed by atoms with Crippen molar-refractivity contribution in [3.63, 3.8) is 0 Å². The van der Waals surface area contributed by atoms with Crippen molar-refractivity contribution in [2.75, 3.05) is 30.4 Å². The molecule has 0 spiro atoms. The highest BCUT2D eigenvalue weighted by molar-refractivity contribution is 7.98. The molecule has 100 valence electrons. The van der Waals surface area contributed by atoms with Gasteiger partial charge in [-0.05, 0) is 43.9 Å². The second-order valence-corrected chi connectivity index (χ2v) is 5.02. The number of para-hydroxylation sites is 1. The van der Waals surface area contributed by atoms with E-state index < -0.39 is 0 Å². The highest BCUT2D eigenvalue weighted by Crippen LogP contribution is 2.14. The molecular weight excluding hydrogens is 244 g/mol. The molecule has 0 saturated carbocycles. The van der Waals surface area contributed by atoms with Crippen molar-refractivity contribution in [2.45, 2.75) is 19.8 Å². The summed E-state index contributed by atoms with van der Waals surface area (Å²) in [4.78, 5) is 12.0. The van der Waals surface area contributed by atoms with Crippen LogP contribution in [0.25, 0.3) is 0 Å². The molecule has 1 aromatic rings. The Morgan fingerprint density at radius 1 is 1.28 bits per heavy atom. The first-order valence-electron chi connectivity index (χ1n) is 6.39. The zero-order chi connectivity index (χ0) is 13.2. The van der Waals surface area contributed by atoms with E-state index in [1.54, 1.807) is 0 Å². The van der Waals surface area contributed by atoms with Gasteiger partial charge in [0.05, 0.1) is 5.56 Å². The van der Waals surface area contributed by atoms with Crippen LogP contribution in [0.4, 0.5) is 5.69 Å². The number of unbranched alkanes of at least 4 members (excludes halogenated alkanes) is 1. The van der Waals surface area contributed by atoms with E-state index >= 15 is 0 Å². The number of thioether (sulfide) groups is 1. The first kappa shape index (κ1) is 14.9. The number of hydrogen-bond donors (Lipinski definition) is 2. The molecule has 0 heterocycles. The lowest BCUT2D eigenvalue weighted by Crippen LogP contribution is -2.25. The third-order valence-electron chi connectivity index (χ3n) is 2.60. The molecule has 0 aromatic heterocycles. The molecule has 1 aromatic carbocycles. The first-order chi connectivity index (χ1) is 8.79. The highest BCUT2D eigenvalue weighted by Gasteiger charge is 2.09. The van der Waals surface area contributed by atoms with E-state index in [1.165, 1.54) is 0 Å². The third-order valence-corrected chi connectivity index (χ3v) is 3.30. The number of rotatable bonds is 8. The van der Waals surface area contributed by atoms with E-state index in [2.05, 4.69) is 16.9 Å². The lowest BCUT2D eigenvalue weighted by molar-refractivity contribution is 0.0954. The van der Waals surface area contributed by atoms with Crippen molar-refractivity contribution < 1.29 is 4.79 Å². The number of amides is 1. The lowest BCUT2D eigenvalue weighted by atomic mass is 10.1. The fourth-order valence-corrected chi connectivity index (χ4v) is 2.19. The van der Waals surface area contributed by atoms with Gasteiger partial charge in [0.25, 0.3) is 5.91 Å². The first-order valence-corrected chi connectivity index (χ1v) is 7.79. The van der Waals surface area contributed by atoms with Crippen LogP contribution >= 0.6 is 11.8 Å². The number of benzene rings is 1. The van der Waals surface area contributed by atoms with Gasteiger partial charge in [0.1, 0.15) is 0 Å². The van der Waals surface area contributed by atoms with E-state index in [4.69, 9.17) is 0 Å². The maximum Gasteiger partial charge on any atom is 0.253 e. The van der Waals surface area contributed by atoms with Crippen molar-refractivity contribution in [1.82, 2.24) is 5.32 Å². The van der Waals surface area contributed by atoms with Crippen LogP contribution in [0.2, 0.25) is 0 Å². The Hall–Kier alpha value is -1.16. The smallest absolute Gasteiger partial charge is 0.253 e. The summed E-state index contributed by atoms with van der Waals surface area (Å²) in [5.41, 5.74) is 1.63. The molecule has 0 saturated heterocycles. The molecule has 4 heteroatoms. The number of carbonyl (C=O) groups excluding carboxylic acids is 1. The number of hydrogen-bond acceptors (Lipinski definition) is 3. The van der Waals surface area contributed by atoms with Gasteiger partial charge in [-0.1, -0.05) is 12.1 Å². The van der Waals surface area contributed by atoms with Crippen molar-refractivity contribution in [3.8, 4) is 0 Å². The van der Waals surface area contributed by atoms with Crippen molar-refractivity contribution in [3.05, 3.63) is 29.8 Å². The molecule has 2 N–H and O–H groups in total. The fourth-order valence-electron chi connectivity index (χ4n) is 1.69. The van der Waals surface area contributed by atoms with E-state index in [0.717, 1.165) is 42.9 Å². The molecule has 3 nitrogen and oxygen atoms in total. The average molecular weight is 266 g/mol. The zero-order valence-electron chi connectivity index (χ0n) is 11.2. The number of carbonyl (C=O) groups is 1. The number of anilines is 1. The van der Waals surface area contributed by atoms with Crippen LogP contribution in [-0.4, -0.2) is 31.0 Å². The van der Waals surface area contributed by atoms with Gasteiger partial charge in [0, 0.05) is 18.8 Å². The van der Waals surface area contributed by atoms with Crippen molar-refractivity contribution >= 4 is 23.4 Å². The Kier molecular flexibility index (Phi) is 7.34. The quantitative estimate of drug-likeness (QED) is 0.711. The molecule has 0 atom stereocenters. The highest BCUT2D eigenvalue weighted by atomic mass is 32.2. The van der Waals surface area contributed by atoms with Crippen LogP contribution in [0.3, 0.4) is 0 Å². The van der Waals surface area contributed by atoms with E-state index in [0.29, 0.717) is 0 Å². The summed E-state index contributed by atoms with van der Waals surface area (Å²) in [6, 6.07) is 7.62. The van der Waals surface area contributed by atoms with Crippen LogP contribution in [0.1, 0.15) is 30.1 Å². The van der Waals surface area contributed by atoms with Crippen molar-refractivity contribution in [1.29, 1.82) is 0 Å². The van der Waals surface area contributed by atoms with E-state index in [9.17, 15) is 4.79 Å². The molecule has 0 radical (unpaired) electrons. The van der Waals surface area contributed by atoms with Gasteiger partial charge in [-0.2, -0.15) is 11.8 Å². The summed E-state index contributed by atoms with van der Waals surface area (Å²) in [6.07, 6.45) is 4.29. The molecule has 0 aliphatic rings. The largest absolute Gasteiger partial charge is 0.385 e. The lowest BCUT2D eigenvalue weighted by Gasteiger charge is -2.10. The Labute approximate surface area is 114 Å². The summed E-state index contributed by atoms with van der Waals surface area (Å²) in [5, 5.41) is 6.17. The normalized spacial score (nSPS) is 10.1. The SMILES string of the molecule is CCNc1ccccc1C(=O)NCCCCSC. The summed E-state index contributed by atoms with van der Waals surface area (Å²) in [7, 11) is 0. The van der Waals surface area contributed by atoms with Crippen LogP contribution in [0, 0.1) is 0 Å². The Morgan fingerprint density at radius 2 is 2.06 bits per heavy atom. The fraction of sp³-hybridized carbons (Fsp3) is 0.500. The van der Waals surface area contributed by atoms with Crippen LogP contribution in [-0.2, 0) is 0 Å². The molecule has 0 bridgehead atoms. The average Bonchev–Trinajstić information content (AvgIpc) is 2.39. The molecule has 1 rings (SSSR count). The molecule has 0 aliphatic heterocycles. The monoisotopic (exact) mass is 266 g/mol. The molecular formula is C14H22N2OS. The molecule has 0 unspecified atom stereocenters. The maximum absolute atomic E-state index is 12.0. The predicted molar refractivity (Wildman–Crippen MR) is 80.6 cm³/mol. The maximum atomic E-state index is 12.0. The summed E-state index contributed by atoms with van der Waals surface area (Å²) >= 11 is 1.84. The Bertz CT molecular complexity index is 369. The second-order valence-electron chi connectivity index (χ2n) is 4.03. The minimum atomic E-state index is 0.00991. The van der Waals surface area contributed by atoms with Gasteiger partial charge in [-0.3, -0.25) is 4.79 Å². The third kappa shape index (κ3) is 5.00. The van der Waals surface area contributed by atoms with Crippen molar-refractivity contribution in [2.24, 2.45) is 0 Å². The molecule has 18 heavy (non-hydrogen) atoms. The molecule has 1 amide bonds. The van der Waals surface area contributed by atoms with Crippen LogP contribution in [0.5, 0.6) is 0 Å². The van der Waals surface area contributed by atoms with Gasteiger partial charge in [-0.15, -0.1) is 0 Å². The van der Waals surface area contributed by atoms with Gasteiger partial charge >= 0.3 is 0 Å². The van der Waals surface area contributed by atoms with Gasteiger partial charge < -0.3 is 10.6 Å². The van der Waals surface area contributed by atoms with E-state index in [1.807, 2.05) is 43.0 Å². The predicted octanol–water partition coefficient (Wildman–Crippen LogP) is 2.99. The van der Waals surface area contributed by atoms with E-state index in [-0.39, 0.29) is 5.91 Å².